The molecule has 0 aliphatic carbocycles. The lowest BCUT2D eigenvalue weighted by Crippen LogP contribution is -2.28. The molecule has 0 fully saturated rings. The lowest BCUT2D eigenvalue weighted by Gasteiger charge is -2.15. The summed E-state index contributed by atoms with van der Waals surface area (Å²) in [5.74, 6) is 5.98. The van der Waals surface area contributed by atoms with Gasteiger partial charge < -0.3 is 16.5 Å². The third-order valence-electron chi connectivity index (χ3n) is 3.36. The second-order valence-electron chi connectivity index (χ2n) is 5.19. The van der Waals surface area contributed by atoms with Crippen molar-refractivity contribution < 1.29 is 0 Å². The van der Waals surface area contributed by atoms with Crippen LogP contribution in [0.5, 0.6) is 0 Å². The first-order valence-electron chi connectivity index (χ1n) is 9.05. The maximum absolute atomic E-state index is 6.08. The van der Waals surface area contributed by atoms with Crippen LogP contribution in [0.15, 0.2) is 48.4 Å². The van der Waals surface area contributed by atoms with Crippen molar-refractivity contribution in [2.75, 3.05) is 13.1 Å². The predicted molar refractivity (Wildman–Crippen MR) is 115 cm³/mol. The summed E-state index contributed by atoms with van der Waals surface area (Å²) >= 11 is 0. The van der Waals surface area contributed by atoms with Crippen molar-refractivity contribution in [3.63, 3.8) is 0 Å². The molecule has 148 valence electrons. The van der Waals surface area contributed by atoms with Crippen LogP contribution in [0.3, 0.4) is 0 Å². The fraction of sp³-hybridized carbons (Fsp3) is 0.450. The first-order chi connectivity index (χ1) is 12.4. The van der Waals surface area contributed by atoms with Gasteiger partial charge in [-0.25, -0.2) is 5.84 Å². The highest BCUT2D eigenvalue weighted by Crippen LogP contribution is 2.13. The fourth-order valence-electron chi connectivity index (χ4n) is 1.89. The molecule has 0 aromatic carbocycles. The van der Waals surface area contributed by atoms with E-state index in [9.17, 15) is 0 Å². The molecule has 0 saturated heterocycles. The third-order valence-corrected chi connectivity index (χ3v) is 3.36. The van der Waals surface area contributed by atoms with Gasteiger partial charge in [0.15, 0.2) is 0 Å². The number of rotatable bonds is 7. The van der Waals surface area contributed by atoms with E-state index in [2.05, 4.69) is 11.7 Å². The monoisotopic (exact) mass is 362 g/mol. The van der Waals surface area contributed by atoms with Crippen LogP contribution in [0.4, 0.5) is 0 Å². The Hall–Kier alpha value is -2.31. The molecule has 0 aliphatic heterocycles. The van der Waals surface area contributed by atoms with Gasteiger partial charge >= 0.3 is 0 Å². The number of allylic oxidation sites excluding steroid dienone is 2. The average molecular weight is 363 g/mol. The van der Waals surface area contributed by atoms with Gasteiger partial charge in [0, 0.05) is 31.0 Å². The van der Waals surface area contributed by atoms with Gasteiger partial charge in [-0.3, -0.25) is 4.68 Å². The first-order valence-corrected chi connectivity index (χ1v) is 9.05. The molecular formula is C20H38N6. The Bertz CT molecular complexity index is 608. The summed E-state index contributed by atoms with van der Waals surface area (Å²) < 4.78 is 1.77. The summed E-state index contributed by atoms with van der Waals surface area (Å²) in [5, 5.41) is 5.72. The van der Waals surface area contributed by atoms with E-state index in [0.717, 1.165) is 22.4 Å². The molecule has 0 saturated carbocycles. The van der Waals surface area contributed by atoms with Gasteiger partial charge in [0.05, 0.1) is 18.4 Å². The van der Waals surface area contributed by atoms with Crippen molar-refractivity contribution in [3.8, 4) is 0 Å². The first kappa shape index (κ1) is 25.9. The number of aryl methyl sites for hydroxylation is 1. The molecule has 26 heavy (non-hydrogen) atoms. The number of hydrazine groups is 1. The molecule has 0 unspecified atom stereocenters. The molecular weight excluding hydrogens is 324 g/mol. The minimum atomic E-state index is 0.465. The van der Waals surface area contributed by atoms with Crippen LogP contribution in [0, 0.1) is 6.92 Å². The largest absolute Gasteiger partial charge is 0.397 e. The molecule has 1 aromatic heterocycles. The minimum absolute atomic E-state index is 0.465. The highest BCUT2D eigenvalue weighted by molar-refractivity contribution is 5.63. The predicted octanol–water partition coefficient (Wildman–Crippen LogP) is 3.23. The summed E-state index contributed by atoms with van der Waals surface area (Å²) in [4.78, 5) is 0. The normalized spacial score (nSPS) is 11.8. The topological polar surface area (TPSA) is 99.1 Å². The van der Waals surface area contributed by atoms with E-state index in [1.165, 1.54) is 0 Å². The number of aromatic nitrogens is 2. The molecule has 0 atom stereocenters. The number of nitrogens with two attached hydrogens (primary N) is 3. The van der Waals surface area contributed by atoms with E-state index in [1.54, 1.807) is 28.2 Å². The zero-order valence-electron chi connectivity index (χ0n) is 17.6. The second kappa shape index (κ2) is 15.0. The molecule has 6 N–H and O–H groups in total. The molecule has 6 nitrogen and oxygen atoms in total. The van der Waals surface area contributed by atoms with Gasteiger partial charge in [0.2, 0.25) is 0 Å². The highest BCUT2D eigenvalue weighted by Gasteiger charge is 2.07. The molecule has 1 heterocycles. The minimum Gasteiger partial charge on any atom is -0.397 e. The maximum Gasteiger partial charge on any atom is 0.0598 e. The molecule has 0 spiro atoms. The van der Waals surface area contributed by atoms with E-state index in [0.29, 0.717) is 18.8 Å². The molecule has 0 aliphatic rings. The number of hydrogen-bond acceptors (Lipinski definition) is 5. The highest BCUT2D eigenvalue weighted by atomic mass is 15.4. The van der Waals surface area contributed by atoms with Gasteiger partial charge in [0.25, 0.3) is 0 Å². The van der Waals surface area contributed by atoms with Crippen LogP contribution >= 0.6 is 0 Å². The van der Waals surface area contributed by atoms with Crippen molar-refractivity contribution in [2.24, 2.45) is 24.4 Å². The molecule has 0 radical (unpaired) electrons. The van der Waals surface area contributed by atoms with Crippen LogP contribution in [-0.2, 0) is 7.05 Å². The second-order valence-corrected chi connectivity index (χ2v) is 5.19. The molecule has 1 rings (SSSR count). The van der Waals surface area contributed by atoms with Crippen molar-refractivity contribution in [1.29, 1.82) is 0 Å². The van der Waals surface area contributed by atoms with Crippen molar-refractivity contribution in [3.05, 3.63) is 59.6 Å². The van der Waals surface area contributed by atoms with Crippen LogP contribution in [0.1, 0.15) is 45.9 Å². The van der Waals surface area contributed by atoms with Crippen molar-refractivity contribution >= 4 is 5.70 Å². The summed E-state index contributed by atoms with van der Waals surface area (Å²) in [7, 11) is 1.88. The van der Waals surface area contributed by atoms with Crippen LogP contribution < -0.4 is 17.3 Å². The lowest BCUT2D eigenvalue weighted by atomic mass is 10.2. The summed E-state index contributed by atoms with van der Waals surface area (Å²) in [6.45, 7) is 16.7. The molecule has 0 bridgehead atoms. The third kappa shape index (κ3) is 9.25. The van der Waals surface area contributed by atoms with Crippen LogP contribution in [-0.4, -0.2) is 27.9 Å². The van der Waals surface area contributed by atoms with Gasteiger partial charge in [0.1, 0.15) is 0 Å². The summed E-state index contributed by atoms with van der Waals surface area (Å²) in [6, 6.07) is 0. The standard InChI is InChI=1S/C16H26N6.2C2H6/c1-5-14(8-17)7-6-12(2)10-22(19)11-16(18)15-9-20-21(4)13(15)3;2*1-2/h5-7,9,11H,1,8,10,17-19H2,2-4H3;2*1-2H3/b12-6-,14-7+,16-11-;;. The zero-order valence-corrected chi connectivity index (χ0v) is 17.6. The number of hydrogen-bond donors (Lipinski definition) is 3. The van der Waals surface area contributed by atoms with Gasteiger partial charge in [-0.15, -0.1) is 0 Å². The zero-order chi connectivity index (χ0) is 20.7. The fourth-order valence-corrected chi connectivity index (χ4v) is 1.89. The van der Waals surface area contributed by atoms with Gasteiger partial charge in [-0.2, -0.15) is 5.10 Å². The SMILES string of the molecule is C=C/C(=C\C=C(\C)CN(N)/C=C(\N)c1cnn(C)c1C)CN.CC.CC. The molecule has 1 aromatic rings. The average Bonchev–Trinajstić information content (AvgIpc) is 2.98. The Morgan fingerprint density at radius 2 is 1.85 bits per heavy atom. The van der Waals surface area contributed by atoms with E-state index in [4.69, 9.17) is 17.3 Å². The van der Waals surface area contributed by atoms with E-state index < -0.39 is 0 Å². The Morgan fingerprint density at radius 1 is 1.27 bits per heavy atom. The van der Waals surface area contributed by atoms with Gasteiger partial charge in [-0.05, 0) is 19.4 Å². The Balaban J connectivity index is 0. The Morgan fingerprint density at radius 3 is 2.27 bits per heavy atom. The molecule has 6 heteroatoms. The van der Waals surface area contributed by atoms with E-state index >= 15 is 0 Å². The number of nitrogens with zero attached hydrogens (tertiary/aromatic N) is 3. The van der Waals surface area contributed by atoms with E-state index in [1.807, 2.05) is 60.7 Å². The quantitative estimate of drug-likeness (QED) is 0.393. The Labute approximate surface area is 159 Å². The lowest BCUT2D eigenvalue weighted by molar-refractivity contribution is 0.429. The summed E-state index contributed by atoms with van der Waals surface area (Å²) in [5.41, 5.74) is 16.2. The smallest absolute Gasteiger partial charge is 0.0598 e. The Kier molecular flexibility index (Phi) is 14.9. The van der Waals surface area contributed by atoms with Crippen LogP contribution in [0.25, 0.3) is 5.70 Å². The van der Waals surface area contributed by atoms with Crippen molar-refractivity contribution in [2.45, 2.75) is 41.5 Å². The van der Waals surface area contributed by atoms with E-state index in [-0.39, 0.29) is 0 Å². The van der Waals surface area contributed by atoms with Crippen molar-refractivity contribution in [1.82, 2.24) is 14.8 Å². The van der Waals surface area contributed by atoms with Crippen LogP contribution in [0.2, 0.25) is 0 Å². The maximum atomic E-state index is 6.08. The summed E-state index contributed by atoms with van der Waals surface area (Å²) in [6.07, 6.45) is 9.10. The molecule has 0 amide bonds. The van der Waals surface area contributed by atoms with Gasteiger partial charge in [-0.1, -0.05) is 58.1 Å².